The van der Waals surface area contributed by atoms with Gasteiger partial charge in [0.05, 0.1) is 17.5 Å². The zero-order valence-electron chi connectivity index (χ0n) is 19.7. The number of nitrogens with one attached hydrogen (secondary N) is 3. The Morgan fingerprint density at radius 2 is 1.66 bits per heavy atom. The second-order valence-electron chi connectivity index (χ2n) is 7.79. The van der Waals surface area contributed by atoms with Gasteiger partial charge in [-0.3, -0.25) is 9.59 Å². The van der Waals surface area contributed by atoms with Gasteiger partial charge in [-0.05, 0) is 67.9 Å². The lowest BCUT2D eigenvalue weighted by atomic mass is 10.1. The Morgan fingerprint density at radius 1 is 0.943 bits per heavy atom. The van der Waals surface area contributed by atoms with Crippen molar-refractivity contribution in [2.24, 2.45) is 0 Å². The standard InChI is InChI=1S/C26H29N3O5S/c1-3-34-23-12-14-24(15-13-23)35(32,33)27-17-16-25(30)28-19(2)21-10-7-11-22(18-21)29-26(31)20-8-5-4-6-9-20/h4-15,18-19,27H,3,16-17H2,1-2H3,(H,28,30)(H,29,31). The van der Waals surface area contributed by atoms with Crippen molar-refractivity contribution >= 4 is 27.5 Å². The first-order chi connectivity index (χ1) is 16.8. The van der Waals surface area contributed by atoms with E-state index in [0.717, 1.165) is 5.56 Å². The number of rotatable bonds is 11. The Labute approximate surface area is 205 Å². The van der Waals surface area contributed by atoms with E-state index < -0.39 is 10.0 Å². The van der Waals surface area contributed by atoms with E-state index in [9.17, 15) is 18.0 Å². The van der Waals surface area contributed by atoms with Crippen molar-refractivity contribution in [1.29, 1.82) is 0 Å². The summed E-state index contributed by atoms with van der Waals surface area (Å²) in [6.45, 7) is 4.12. The van der Waals surface area contributed by atoms with Gasteiger partial charge in [0.1, 0.15) is 5.75 Å². The summed E-state index contributed by atoms with van der Waals surface area (Å²) >= 11 is 0. The van der Waals surface area contributed by atoms with Gasteiger partial charge in [0.15, 0.2) is 0 Å². The van der Waals surface area contributed by atoms with Gasteiger partial charge in [0, 0.05) is 24.2 Å². The van der Waals surface area contributed by atoms with Crippen LogP contribution < -0.4 is 20.1 Å². The average Bonchev–Trinajstić information content (AvgIpc) is 2.85. The fourth-order valence-electron chi connectivity index (χ4n) is 3.34. The first-order valence-electron chi connectivity index (χ1n) is 11.3. The van der Waals surface area contributed by atoms with Crippen LogP contribution in [-0.2, 0) is 14.8 Å². The summed E-state index contributed by atoms with van der Waals surface area (Å²) in [5.41, 5.74) is 1.96. The molecule has 3 rings (SSSR count). The lowest BCUT2D eigenvalue weighted by Crippen LogP contribution is -2.32. The van der Waals surface area contributed by atoms with Crippen LogP contribution in [0.15, 0.2) is 83.8 Å². The highest BCUT2D eigenvalue weighted by Gasteiger charge is 2.16. The van der Waals surface area contributed by atoms with Gasteiger partial charge in [0.2, 0.25) is 15.9 Å². The van der Waals surface area contributed by atoms with Gasteiger partial charge in [0.25, 0.3) is 5.91 Å². The predicted molar refractivity (Wildman–Crippen MR) is 135 cm³/mol. The molecule has 0 aliphatic carbocycles. The molecule has 0 bridgehead atoms. The third-order valence-electron chi connectivity index (χ3n) is 5.15. The molecule has 3 N–H and O–H groups in total. The van der Waals surface area contributed by atoms with Crippen LogP contribution in [0, 0.1) is 0 Å². The molecule has 8 nitrogen and oxygen atoms in total. The minimum Gasteiger partial charge on any atom is -0.494 e. The van der Waals surface area contributed by atoms with E-state index in [4.69, 9.17) is 4.74 Å². The van der Waals surface area contributed by atoms with Crippen LogP contribution in [0.25, 0.3) is 0 Å². The van der Waals surface area contributed by atoms with Gasteiger partial charge in [-0.2, -0.15) is 0 Å². The number of carbonyl (C=O) groups excluding carboxylic acids is 2. The van der Waals surface area contributed by atoms with Gasteiger partial charge >= 0.3 is 0 Å². The molecule has 0 spiro atoms. The molecule has 0 aliphatic heterocycles. The normalized spacial score (nSPS) is 11.9. The van der Waals surface area contributed by atoms with Crippen LogP contribution in [0.2, 0.25) is 0 Å². The van der Waals surface area contributed by atoms with E-state index in [-0.39, 0.29) is 35.7 Å². The second-order valence-corrected chi connectivity index (χ2v) is 9.55. The molecule has 0 aliphatic rings. The minimum absolute atomic E-state index is 0.0228. The molecule has 9 heteroatoms. The summed E-state index contributed by atoms with van der Waals surface area (Å²) in [6, 6.07) is 21.8. The van der Waals surface area contributed by atoms with Gasteiger partial charge in [-0.25, -0.2) is 13.1 Å². The molecule has 0 aromatic heterocycles. The molecule has 0 heterocycles. The number of carbonyl (C=O) groups is 2. The SMILES string of the molecule is CCOc1ccc(S(=O)(=O)NCCC(=O)NC(C)c2cccc(NC(=O)c3ccccc3)c2)cc1. The largest absolute Gasteiger partial charge is 0.494 e. The first-order valence-corrected chi connectivity index (χ1v) is 12.7. The topological polar surface area (TPSA) is 114 Å². The number of sulfonamides is 1. The van der Waals surface area contributed by atoms with Crippen LogP contribution in [0.1, 0.15) is 42.2 Å². The molecule has 0 saturated heterocycles. The highest BCUT2D eigenvalue weighted by molar-refractivity contribution is 7.89. The maximum atomic E-state index is 12.4. The van der Waals surface area contributed by atoms with E-state index in [1.165, 1.54) is 12.1 Å². The molecule has 2 amide bonds. The summed E-state index contributed by atoms with van der Waals surface area (Å²) in [5.74, 6) is 0.0633. The Hall–Kier alpha value is -3.69. The first kappa shape index (κ1) is 25.9. The quantitative estimate of drug-likeness (QED) is 0.374. The second kappa shape index (κ2) is 12.1. The molecular weight excluding hydrogens is 466 g/mol. The van der Waals surface area contributed by atoms with Gasteiger partial charge < -0.3 is 15.4 Å². The number of ether oxygens (including phenoxy) is 1. The van der Waals surface area contributed by atoms with Crippen LogP contribution >= 0.6 is 0 Å². The molecule has 3 aromatic carbocycles. The highest BCUT2D eigenvalue weighted by atomic mass is 32.2. The average molecular weight is 496 g/mol. The molecule has 0 fully saturated rings. The number of amides is 2. The number of benzene rings is 3. The molecule has 0 radical (unpaired) electrons. The van der Waals surface area contributed by atoms with Gasteiger partial charge in [-0.15, -0.1) is 0 Å². The number of anilines is 1. The van der Waals surface area contributed by atoms with Crippen molar-refractivity contribution in [3.05, 3.63) is 90.0 Å². The lowest BCUT2D eigenvalue weighted by Gasteiger charge is -2.16. The monoisotopic (exact) mass is 495 g/mol. The zero-order valence-corrected chi connectivity index (χ0v) is 20.5. The van der Waals surface area contributed by atoms with E-state index in [1.807, 2.05) is 26.0 Å². The summed E-state index contributed by atoms with van der Waals surface area (Å²) in [6.07, 6.45) is -0.0228. The van der Waals surface area contributed by atoms with Crippen molar-refractivity contribution < 1.29 is 22.7 Å². The van der Waals surface area contributed by atoms with E-state index in [0.29, 0.717) is 23.6 Å². The van der Waals surface area contributed by atoms with E-state index in [2.05, 4.69) is 15.4 Å². The summed E-state index contributed by atoms with van der Waals surface area (Å²) < 4.78 is 32.6. The van der Waals surface area contributed by atoms with Crippen LogP contribution in [0.5, 0.6) is 5.75 Å². The Bertz CT molecular complexity index is 1250. The lowest BCUT2D eigenvalue weighted by molar-refractivity contribution is -0.121. The minimum atomic E-state index is -3.73. The highest BCUT2D eigenvalue weighted by Crippen LogP contribution is 2.19. The third kappa shape index (κ3) is 7.66. The van der Waals surface area contributed by atoms with Crippen molar-refractivity contribution in [2.45, 2.75) is 31.2 Å². The van der Waals surface area contributed by atoms with Crippen LogP contribution in [-0.4, -0.2) is 33.4 Å². The molecule has 1 unspecified atom stereocenters. The fraction of sp³-hybridized carbons (Fsp3) is 0.231. The number of hydrogen-bond acceptors (Lipinski definition) is 5. The summed E-state index contributed by atoms with van der Waals surface area (Å²) in [4.78, 5) is 24.9. The van der Waals surface area contributed by atoms with E-state index in [1.54, 1.807) is 54.6 Å². The Balaban J connectivity index is 1.50. The van der Waals surface area contributed by atoms with Crippen molar-refractivity contribution in [1.82, 2.24) is 10.0 Å². The summed E-state index contributed by atoms with van der Waals surface area (Å²) in [5, 5.41) is 5.70. The van der Waals surface area contributed by atoms with Crippen LogP contribution in [0.4, 0.5) is 5.69 Å². The molecule has 3 aromatic rings. The summed E-state index contributed by atoms with van der Waals surface area (Å²) in [7, 11) is -3.73. The third-order valence-corrected chi connectivity index (χ3v) is 6.62. The van der Waals surface area contributed by atoms with Gasteiger partial charge in [-0.1, -0.05) is 30.3 Å². The molecule has 184 valence electrons. The van der Waals surface area contributed by atoms with Crippen LogP contribution in [0.3, 0.4) is 0 Å². The fourth-order valence-corrected chi connectivity index (χ4v) is 4.37. The number of hydrogen-bond donors (Lipinski definition) is 3. The molecule has 35 heavy (non-hydrogen) atoms. The smallest absolute Gasteiger partial charge is 0.255 e. The van der Waals surface area contributed by atoms with E-state index >= 15 is 0 Å². The Kier molecular flexibility index (Phi) is 8.99. The predicted octanol–water partition coefficient (Wildman–Crippen LogP) is 3.88. The Morgan fingerprint density at radius 3 is 2.34 bits per heavy atom. The zero-order chi connectivity index (χ0) is 25.3. The molecule has 1 atom stereocenters. The van der Waals surface area contributed by atoms with Crippen molar-refractivity contribution in [3.8, 4) is 5.75 Å². The maximum Gasteiger partial charge on any atom is 0.255 e. The molecule has 0 saturated carbocycles. The van der Waals surface area contributed by atoms with Crippen molar-refractivity contribution in [2.75, 3.05) is 18.5 Å². The maximum absolute atomic E-state index is 12.4. The molecular formula is C26H29N3O5S. The van der Waals surface area contributed by atoms with Crippen molar-refractivity contribution in [3.63, 3.8) is 0 Å².